The summed E-state index contributed by atoms with van der Waals surface area (Å²) < 4.78 is 12.9. The summed E-state index contributed by atoms with van der Waals surface area (Å²) in [6.07, 6.45) is 4.28. The van der Waals surface area contributed by atoms with Crippen molar-refractivity contribution in [1.82, 2.24) is 5.32 Å². The van der Waals surface area contributed by atoms with Crippen LogP contribution in [0.25, 0.3) is 6.08 Å². The fourth-order valence-electron chi connectivity index (χ4n) is 2.11. The third kappa shape index (κ3) is 8.66. The van der Waals surface area contributed by atoms with Gasteiger partial charge in [-0.05, 0) is 74.0 Å². The van der Waals surface area contributed by atoms with E-state index in [0.717, 1.165) is 32.8 Å². The summed E-state index contributed by atoms with van der Waals surface area (Å²) in [5.41, 5.74) is 3.28. The molecule has 144 valence electrons. The number of nitrogens with one attached hydrogen (secondary N) is 1. The average molecular weight is 389 g/mol. The molecule has 0 heterocycles. The number of allylic oxidation sites excluding steroid dienone is 1. The van der Waals surface area contributed by atoms with Crippen LogP contribution < -0.4 is 5.32 Å². The Hall–Kier alpha value is -2.44. The molecule has 2 rings (SSSR count). The first-order valence-corrected chi connectivity index (χ1v) is 9.22. The molecule has 0 aliphatic carbocycles. The molecule has 2 aromatic carbocycles. The van der Waals surface area contributed by atoms with Gasteiger partial charge in [0, 0.05) is 16.3 Å². The predicted molar refractivity (Wildman–Crippen MR) is 108 cm³/mol. The van der Waals surface area contributed by atoms with Gasteiger partial charge in [0.25, 0.3) is 0 Å². The summed E-state index contributed by atoms with van der Waals surface area (Å²) in [7, 11) is 1.73. The molecule has 0 aromatic heterocycles. The molecule has 6 heteroatoms. The maximum atomic E-state index is 12.9. The van der Waals surface area contributed by atoms with Crippen molar-refractivity contribution in [3.05, 3.63) is 65.0 Å². The minimum absolute atomic E-state index is 0.205. The monoisotopic (exact) mass is 389 g/mol. The standard InChI is InChI=1S/C17H15FOS.C4H9NO2/c1-12-11-17(13(2)10-14(12)4-3-9-19)20-16-7-5-15(18)6-8-16;1-5-3-2-4(6)7/h3-11H,1-2H3;5H,2-3H2,1H3,(H,6,7)/b4-3+;. The molecule has 0 aliphatic heterocycles. The van der Waals surface area contributed by atoms with Gasteiger partial charge in [-0.15, -0.1) is 0 Å². The minimum atomic E-state index is -0.755. The SMILES string of the molecule is CNCCC(=O)O.Cc1cc(Sc2ccc(F)cc2)c(C)cc1/C=C/C=O. The van der Waals surface area contributed by atoms with E-state index in [4.69, 9.17) is 5.11 Å². The second kappa shape index (κ2) is 12.0. The molecule has 0 fully saturated rings. The number of carbonyl (C=O) groups is 2. The first-order valence-electron chi connectivity index (χ1n) is 8.40. The van der Waals surface area contributed by atoms with Gasteiger partial charge in [-0.2, -0.15) is 0 Å². The average Bonchev–Trinajstić information content (AvgIpc) is 2.64. The smallest absolute Gasteiger partial charge is 0.304 e. The normalized spacial score (nSPS) is 10.4. The van der Waals surface area contributed by atoms with Gasteiger partial charge in [0.2, 0.25) is 0 Å². The molecule has 2 N–H and O–H groups in total. The Morgan fingerprint density at radius 2 is 1.85 bits per heavy atom. The fraction of sp³-hybridized carbons (Fsp3) is 0.238. The van der Waals surface area contributed by atoms with Gasteiger partial charge in [0.1, 0.15) is 12.1 Å². The zero-order chi connectivity index (χ0) is 20.2. The summed E-state index contributed by atoms with van der Waals surface area (Å²) in [6.45, 7) is 4.59. The molecule has 0 atom stereocenters. The van der Waals surface area contributed by atoms with Gasteiger partial charge in [-0.3, -0.25) is 9.59 Å². The van der Waals surface area contributed by atoms with Gasteiger partial charge in [0.15, 0.2) is 0 Å². The first kappa shape index (κ1) is 22.6. The fourth-order valence-corrected chi connectivity index (χ4v) is 3.09. The molecule has 0 amide bonds. The van der Waals surface area contributed by atoms with E-state index in [0.29, 0.717) is 6.54 Å². The summed E-state index contributed by atoms with van der Waals surface area (Å²) in [5, 5.41) is 10.7. The molecule has 0 radical (unpaired) electrons. The Balaban J connectivity index is 0.000000445. The third-order valence-electron chi connectivity index (χ3n) is 3.55. The Labute approximate surface area is 163 Å². The second-order valence-corrected chi connectivity index (χ2v) is 6.89. The van der Waals surface area contributed by atoms with Crippen molar-refractivity contribution >= 4 is 30.1 Å². The van der Waals surface area contributed by atoms with Gasteiger partial charge in [0.05, 0.1) is 6.42 Å². The number of aryl methyl sites for hydroxylation is 2. The van der Waals surface area contributed by atoms with E-state index in [1.807, 2.05) is 19.9 Å². The van der Waals surface area contributed by atoms with Crippen LogP contribution in [0.3, 0.4) is 0 Å². The quantitative estimate of drug-likeness (QED) is 0.540. The number of benzene rings is 2. The highest BCUT2D eigenvalue weighted by Crippen LogP contribution is 2.32. The van der Waals surface area contributed by atoms with Crippen LogP contribution >= 0.6 is 11.8 Å². The lowest BCUT2D eigenvalue weighted by Gasteiger charge is -2.09. The molecule has 0 spiro atoms. The molecule has 0 aliphatic rings. The molecule has 0 saturated carbocycles. The van der Waals surface area contributed by atoms with Gasteiger partial charge in [-0.25, -0.2) is 4.39 Å². The zero-order valence-corrected chi connectivity index (χ0v) is 16.5. The molecule has 0 unspecified atom stereocenters. The van der Waals surface area contributed by atoms with Crippen molar-refractivity contribution < 1.29 is 19.1 Å². The molecular formula is C21H24FNO3S. The Kier molecular flexibility index (Phi) is 10.1. The first-order chi connectivity index (χ1) is 12.9. The number of carbonyl (C=O) groups excluding carboxylic acids is 1. The summed E-state index contributed by atoms with van der Waals surface area (Å²) in [4.78, 5) is 22.2. The number of carboxylic acid groups (broad SMARTS) is 1. The van der Waals surface area contributed by atoms with Crippen LogP contribution in [0.5, 0.6) is 0 Å². The predicted octanol–water partition coefficient (Wildman–Crippen LogP) is 4.49. The lowest BCUT2D eigenvalue weighted by atomic mass is 10.1. The number of rotatable bonds is 7. The number of hydrogen-bond donors (Lipinski definition) is 2. The van der Waals surface area contributed by atoms with E-state index in [1.165, 1.54) is 18.2 Å². The van der Waals surface area contributed by atoms with Crippen molar-refractivity contribution in [3.63, 3.8) is 0 Å². The Bertz CT molecular complexity index is 789. The van der Waals surface area contributed by atoms with Crippen LogP contribution in [0.1, 0.15) is 23.1 Å². The number of halogens is 1. The Morgan fingerprint density at radius 1 is 1.19 bits per heavy atom. The molecule has 27 heavy (non-hydrogen) atoms. The molecule has 4 nitrogen and oxygen atoms in total. The van der Waals surface area contributed by atoms with E-state index < -0.39 is 5.97 Å². The van der Waals surface area contributed by atoms with Crippen LogP contribution in [0.4, 0.5) is 4.39 Å². The minimum Gasteiger partial charge on any atom is -0.481 e. The van der Waals surface area contributed by atoms with Crippen LogP contribution in [-0.2, 0) is 9.59 Å². The number of carboxylic acids is 1. The van der Waals surface area contributed by atoms with Crippen LogP contribution in [-0.4, -0.2) is 31.0 Å². The molecular weight excluding hydrogens is 365 g/mol. The Morgan fingerprint density at radius 3 is 2.37 bits per heavy atom. The summed E-state index contributed by atoms with van der Waals surface area (Å²) in [6, 6.07) is 10.6. The second-order valence-electron chi connectivity index (χ2n) is 5.77. The van der Waals surface area contributed by atoms with Crippen LogP contribution in [0.2, 0.25) is 0 Å². The molecule has 2 aromatic rings. The van der Waals surface area contributed by atoms with Gasteiger partial charge >= 0.3 is 5.97 Å². The van der Waals surface area contributed by atoms with Crippen LogP contribution in [0.15, 0.2) is 52.3 Å². The van der Waals surface area contributed by atoms with Crippen molar-refractivity contribution in [2.24, 2.45) is 0 Å². The van der Waals surface area contributed by atoms with Crippen LogP contribution in [0, 0.1) is 19.7 Å². The largest absolute Gasteiger partial charge is 0.481 e. The lowest BCUT2D eigenvalue weighted by Crippen LogP contribution is -2.11. The summed E-state index contributed by atoms with van der Waals surface area (Å²) >= 11 is 1.61. The highest BCUT2D eigenvalue weighted by atomic mass is 32.2. The van der Waals surface area contributed by atoms with E-state index >= 15 is 0 Å². The van der Waals surface area contributed by atoms with E-state index in [-0.39, 0.29) is 12.2 Å². The maximum absolute atomic E-state index is 12.9. The van der Waals surface area contributed by atoms with E-state index in [2.05, 4.69) is 17.4 Å². The zero-order valence-electron chi connectivity index (χ0n) is 15.7. The highest BCUT2D eigenvalue weighted by Gasteiger charge is 2.05. The van der Waals surface area contributed by atoms with Gasteiger partial charge < -0.3 is 10.4 Å². The van der Waals surface area contributed by atoms with Crippen molar-refractivity contribution in [2.45, 2.75) is 30.1 Å². The topological polar surface area (TPSA) is 66.4 Å². The van der Waals surface area contributed by atoms with E-state index in [9.17, 15) is 14.0 Å². The van der Waals surface area contributed by atoms with Gasteiger partial charge in [-0.1, -0.05) is 23.9 Å². The van der Waals surface area contributed by atoms with Crippen molar-refractivity contribution in [3.8, 4) is 0 Å². The number of hydrogen-bond acceptors (Lipinski definition) is 4. The van der Waals surface area contributed by atoms with E-state index in [1.54, 1.807) is 30.9 Å². The third-order valence-corrected chi connectivity index (χ3v) is 4.72. The molecule has 0 bridgehead atoms. The van der Waals surface area contributed by atoms with Crippen molar-refractivity contribution in [2.75, 3.05) is 13.6 Å². The maximum Gasteiger partial charge on any atom is 0.304 e. The van der Waals surface area contributed by atoms with Crippen molar-refractivity contribution in [1.29, 1.82) is 0 Å². The lowest BCUT2D eigenvalue weighted by molar-refractivity contribution is -0.136. The number of aliphatic carboxylic acids is 1. The number of aldehydes is 1. The molecule has 0 saturated heterocycles. The highest BCUT2D eigenvalue weighted by molar-refractivity contribution is 7.99. The summed E-state index contributed by atoms with van der Waals surface area (Å²) in [5.74, 6) is -0.981.